The van der Waals surface area contributed by atoms with Gasteiger partial charge in [-0.1, -0.05) is 53.2 Å². The molecule has 0 bridgehead atoms. The maximum Gasteiger partial charge on any atom is 0.283 e. The Morgan fingerprint density at radius 1 is 1.00 bits per heavy atom. The van der Waals surface area contributed by atoms with Crippen molar-refractivity contribution in [2.75, 3.05) is 0 Å². The van der Waals surface area contributed by atoms with E-state index in [1.54, 1.807) is 24.3 Å². The lowest BCUT2D eigenvalue weighted by atomic mass is 10.1. The van der Waals surface area contributed by atoms with Crippen LogP contribution in [0.15, 0.2) is 81.6 Å². The van der Waals surface area contributed by atoms with Gasteiger partial charge in [0.05, 0.1) is 16.0 Å². The third-order valence-electron chi connectivity index (χ3n) is 4.12. The van der Waals surface area contributed by atoms with Gasteiger partial charge in [0.25, 0.3) is 11.6 Å². The average Bonchev–Trinajstić information content (AvgIpc) is 2.71. The summed E-state index contributed by atoms with van der Waals surface area (Å²) in [6.07, 6.45) is 1.39. The highest BCUT2D eigenvalue weighted by atomic mass is 32.2. The molecule has 0 aliphatic carbocycles. The van der Waals surface area contributed by atoms with E-state index < -0.39 is 4.92 Å². The summed E-state index contributed by atoms with van der Waals surface area (Å²) >= 11 is 1.33. The zero-order valence-corrected chi connectivity index (χ0v) is 16.8. The van der Waals surface area contributed by atoms with Crippen molar-refractivity contribution in [3.05, 3.63) is 99.1 Å². The van der Waals surface area contributed by atoms with Crippen molar-refractivity contribution >= 4 is 29.6 Å². The zero-order valence-electron chi connectivity index (χ0n) is 16.0. The second kappa shape index (κ2) is 9.16. The molecule has 0 heterocycles. The largest absolute Gasteiger partial charge is 0.283 e. The Morgan fingerprint density at radius 2 is 1.62 bits per heavy atom. The predicted molar refractivity (Wildman–Crippen MR) is 115 cm³/mol. The summed E-state index contributed by atoms with van der Waals surface area (Å²) in [5, 5.41) is 15.4. The third-order valence-corrected chi connectivity index (χ3v) is 5.19. The van der Waals surface area contributed by atoms with Crippen LogP contribution >= 0.6 is 11.8 Å². The van der Waals surface area contributed by atoms with Crippen molar-refractivity contribution in [2.45, 2.75) is 23.6 Å². The van der Waals surface area contributed by atoms with Gasteiger partial charge in [0.15, 0.2) is 0 Å². The minimum absolute atomic E-state index is 0.00983. The fourth-order valence-electron chi connectivity index (χ4n) is 2.51. The van der Waals surface area contributed by atoms with Crippen LogP contribution in [0.3, 0.4) is 0 Å². The standard InChI is InChI=1S/C22H19N3O3S/c1-15-3-8-18(9-4-15)22(26)24-23-14-17-7-12-21(20(13-17)25(27)28)29-19-10-5-16(2)6-11-19/h3-14H,1-2H3,(H,24,26). The van der Waals surface area contributed by atoms with Crippen LogP contribution in [0.25, 0.3) is 0 Å². The van der Waals surface area contributed by atoms with Gasteiger partial charge < -0.3 is 0 Å². The molecule has 6 nitrogen and oxygen atoms in total. The first-order chi connectivity index (χ1) is 13.9. The number of carbonyl (C=O) groups is 1. The SMILES string of the molecule is Cc1ccc(Sc2ccc(C=NNC(=O)c3ccc(C)cc3)cc2[N+](=O)[O-])cc1. The summed E-state index contributed by atoms with van der Waals surface area (Å²) in [7, 11) is 0. The van der Waals surface area contributed by atoms with Gasteiger partial charge in [0.2, 0.25) is 0 Å². The molecule has 0 aliphatic rings. The van der Waals surface area contributed by atoms with E-state index in [4.69, 9.17) is 0 Å². The summed E-state index contributed by atoms with van der Waals surface area (Å²) in [5.74, 6) is -0.345. The number of nitro groups is 1. The lowest BCUT2D eigenvalue weighted by molar-refractivity contribution is -0.387. The molecule has 0 aliphatic heterocycles. The normalized spacial score (nSPS) is 10.8. The smallest absolute Gasteiger partial charge is 0.267 e. The summed E-state index contributed by atoms with van der Waals surface area (Å²) in [4.78, 5) is 24.6. The van der Waals surface area contributed by atoms with Crippen molar-refractivity contribution in [3.63, 3.8) is 0 Å². The molecule has 1 N–H and O–H groups in total. The van der Waals surface area contributed by atoms with E-state index in [0.29, 0.717) is 16.0 Å². The molecule has 0 spiro atoms. The van der Waals surface area contributed by atoms with Crippen LogP contribution in [0, 0.1) is 24.0 Å². The van der Waals surface area contributed by atoms with Crippen LogP contribution in [-0.4, -0.2) is 17.0 Å². The van der Waals surface area contributed by atoms with Crippen LogP contribution in [0.2, 0.25) is 0 Å². The second-order valence-electron chi connectivity index (χ2n) is 6.46. The van der Waals surface area contributed by atoms with E-state index in [-0.39, 0.29) is 11.6 Å². The molecule has 7 heteroatoms. The molecule has 3 rings (SSSR count). The number of carbonyl (C=O) groups excluding carboxylic acids is 1. The number of nitrogens with zero attached hydrogens (tertiary/aromatic N) is 2. The number of hydrogen-bond donors (Lipinski definition) is 1. The van der Waals surface area contributed by atoms with Gasteiger partial charge in [-0.15, -0.1) is 0 Å². The van der Waals surface area contributed by atoms with Crippen LogP contribution in [0.4, 0.5) is 5.69 Å². The molecule has 0 atom stereocenters. The number of benzene rings is 3. The van der Waals surface area contributed by atoms with Gasteiger partial charge in [-0.2, -0.15) is 5.10 Å². The first-order valence-corrected chi connectivity index (χ1v) is 9.67. The first-order valence-electron chi connectivity index (χ1n) is 8.85. The molecule has 146 valence electrons. The van der Waals surface area contributed by atoms with E-state index in [2.05, 4.69) is 10.5 Å². The summed E-state index contributed by atoms with van der Waals surface area (Å²) in [6.45, 7) is 3.93. The number of hydrazone groups is 1. The van der Waals surface area contributed by atoms with E-state index >= 15 is 0 Å². The maximum absolute atomic E-state index is 12.1. The van der Waals surface area contributed by atoms with Gasteiger partial charge in [-0.25, -0.2) is 5.43 Å². The maximum atomic E-state index is 12.1. The van der Waals surface area contributed by atoms with E-state index in [0.717, 1.165) is 16.0 Å². The van der Waals surface area contributed by atoms with E-state index in [1.807, 2.05) is 50.2 Å². The first kappa shape index (κ1) is 20.3. The molecule has 1 amide bonds. The van der Waals surface area contributed by atoms with Gasteiger partial charge in [-0.3, -0.25) is 14.9 Å². The van der Waals surface area contributed by atoms with Crippen molar-refractivity contribution < 1.29 is 9.72 Å². The van der Waals surface area contributed by atoms with Crippen molar-refractivity contribution in [3.8, 4) is 0 Å². The zero-order chi connectivity index (χ0) is 20.8. The minimum atomic E-state index is -0.418. The van der Waals surface area contributed by atoms with Gasteiger partial charge >= 0.3 is 0 Å². The Labute approximate surface area is 172 Å². The summed E-state index contributed by atoms with van der Waals surface area (Å²) < 4.78 is 0. The Morgan fingerprint density at radius 3 is 2.24 bits per heavy atom. The van der Waals surface area contributed by atoms with E-state index in [9.17, 15) is 14.9 Å². The van der Waals surface area contributed by atoms with Crippen LogP contribution in [0.5, 0.6) is 0 Å². The monoisotopic (exact) mass is 405 g/mol. The van der Waals surface area contributed by atoms with Gasteiger partial charge in [0, 0.05) is 22.1 Å². The van der Waals surface area contributed by atoms with Crippen LogP contribution in [-0.2, 0) is 0 Å². The van der Waals surface area contributed by atoms with Crippen LogP contribution < -0.4 is 5.43 Å². The molecule has 0 unspecified atom stereocenters. The minimum Gasteiger partial charge on any atom is -0.267 e. The second-order valence-corrected chi connectivity index (χ2v) is 7.58. The fourth-order valence-corrected chi connectivity index (χ4v) is 3.41. The molecule has 29 heavy (non-hydrogen) atoms. The summed E-state index contributed by atoms with van der Waals surface area (Å²) in [5.41, 5.74) is 5.62. The fraction of sp³-hybridized carbons (Fsp3) is 0.0909. The highest BCUT2D eigenvalue weighted by Crippen LogP contribution is 2.35. The highest BCUT2D eigenvalue weighted by Gasteiger charge is 2.15. The Kier molecular flexibility index (Phi) is 6.41. The average molecular weight is 405 g/mol. The molecular formula is C22H19N3O3S. The third kappa shape index (κ3) is 5.52. The Hall–Kier alpha value is -3.45. The van der Waals surface area contributed by atoms with Crippen LogP contribution in [0.1, 0.15) is 27.0 Å². The van der Waals surface area contributed by atoms with E-state index in [1.165, 1.54) is 24.0 Å². The van der Waals surface area contributed by atoms with Gasteiger partial charge in [-0.05, 0) is 44.2 Å². The predicted octanol–water partition coefficient (Wildman–Crippen LogP) is 5.13. The number of hydrogen-bond acceptors (Lipinski definition) is 5. The topological polar surface area (TPSA) is 84.6 Å². The number of amides is 1. The number of aryl methyl sites for hydroxylation is 2. The number of rotatable bonds is 6. The molecular weight excluding hydrogens is 386 g/mol. The lowest BCUT2D eigenvalue weighted by Gasteiger charge is -2.05. The lowest BCUT2D eigenvalue weighted by Crippen LogP contribution is -2.17. The molecule has 0 aromatic heterocycles. The van der Waals surface area contributed by atoms with Crippen molar-refractivity contribution in [2.24, 2.45) is 5.10 Å². The molecule has 0 saturated carbocycles. The molecule has 0 fully saturated rings. The molecule has 3 aromatic carbocycles. The van der Waals surface area contributed by atoms with Crippen molar-refractivity contribution in [1.29, 1.82) is 0 Å². The van der Waals surface area contributed by atoms with Gasteiger partial charge in [0.1, 0.15) is 0 Å². The molecule has 0 saturated heterocycles. The Balaban J connectivity index is 1.73. The highest BCUT2D eigenvalue weighted by molar-refractivity contribution is 7.99. The molecule has 0 radical (unpaired) electrons. The summed E-state index contributed by atoms with van der Waals surface area (Å²) in [6, 6.07) is 19.7. The number of nitrogens with one attached hydrogen (secondary N) is 1. The molecule has 3 aromatic rings. The quantitative estimate of drug-likeness (QED) is 0.350. The Bertz CT molecular complexity index is 1060. The number of nitro benzene ring substituents is 1. The van der Waals surface area contributed by atoms with Crippen molar-refractivity contribution in [1.82, 2.24) is 5.43 Å².